The Morgan fingerprint density at radius 2 is 2.00 bits per heavy atom. The van der Waals surface area contributed by atoms with Gasteiger partial charge in [-0.25, -0.2) is 18.1 Å². The first-order valence-electron chi connectivity index (χ1n) is 5.03. The fraction of sp³-hybridized carbons (Fsp3) is 0.182. The van der Waals surface area contributed by atoms with Gasteiger partial charge in [-0.15, -0.1) is 11.3 Å². The van der Waals surface area contributed by atoms with Gasteiger partial charge in [0.15, 0.2) is 0 Å². The van der Waals surface area contributed by atoms with Gasteiger partial charge in [-0.2, -0.15) is 0 Å². The van der Waals surface area contributed by atoms with E-state index in [4.69, 9.17) is 0 Å². The summed E-state index contributed by atoms with van der Waals surface area (Å²) in [4.78, 5) is 5.29. The molecule has 0 spiro atoms. The normalized spacial score (nSPS) is 11.6. The molecule has 0 atom stereocenters. The smallest absolute Gasteiger partial charge is 0.240 e. The number of hydrogen-bond acceptors (Lipinski definition) is 4. The second-order valence-electron chi connectivity index (χ2n) is 3.50. The van der Waals surface area contributed by atoms with E-state index in [1.54, 1.807) is 35.8 Å². The van der Waals surface area contributed by atoms with Crippen molar-refractivity contribution in [3.05, 3.63) is 46.4 Å². The van der Waals surface area contributed by atoms with Crippen LogP contribution in [0.5, 0.6) is 0 Å². The number of sulfonamides is 1. The van der Waals surface area contributed by atoms with Gasteiger partial charge < -0.3 is 0 Å². The molecule has 1 aromatic heterocycles. The Morgan fingerprint density at radius 1 is 1.29 bits per heavy atom. The summed E-state index contributed by atoms with van der Waals surface area (Å²) in [7, 11) is -3.42. The van der Waals surface area contributed by atoms with Gasteiger partial charge >= 0.3 is 0 Å². The quantitative estimate of drug-likeness (QED) is 0.921. The molecule has 1 aromatic carbocycles. The minimum absolute atomic E-state index is 0.280. The highest BCUT2D eigenvalue weighted by molar-refractivity contribution is 7.89. The number of aryl methyl sites for hydroxylation is 1. The summed E-state index contributed by atoms with van der Waals surface area (Å²) in [6.07, 6.45) is 0. The maximum Gasteiger partial charge on any atom is 0.240 e. The summed E-state index contributed by atoms with van der Waals surface area (Å²) in [6.45, 7) is 2.15. The highest BCUT2D eigenvalue weighted by atomic mass is 32.2. The van der Waals surface area contributed by atoms with Crippen LogP contribution in [0.3, 0.4) is 0 Å². The third kappa shape index (κ3) is 2.91. The second kappa shape index (κ2) is 4.95. The molecule has 0 radical (unpaired) electrons. The van der Waals surface area contributed by atoms with E-state index in [1.807, 2.05) is 6.92 Å². The number of benzene rings is 1. The van der Waals surface area contributed by atoms with E-state index in [0.29, 0.717) is 0 Å². The van der Waals surface area contributed by atoms with Gasteiger partial charge in [0.25, 0.3) is 0 Å². The molecule has 0 aliphatic carbocycles. The SMILES string of the molecule is Cc1ncsc1CNS(=O)(=O)c1ccccc1. The maximum absolute atomic E-state index is 11.9. The fourth-order valence-electron chi connectivity index (χ4n) is 1.34. The average Bonchev–Trinajstić information content (AvgIpc) is 2.74. The van der Waals surface area contributed by atoms with Gasteiger partial charge in [0.05, 0.1) is 16.1 Å². The zero-order valence-corrected chi connectivity index (χ0v) is 10.9. The Labute approximate surface area is 104 Å². The van der Waals surface area contributed by atoms with Crippen molar-refractivity contribution in [2.24, 2.45) is 0 Å². The van der Waals surface area contributed by atoms with Crippen molar-refractivity contribution < 1.29 is 8.42 Å². The zero-order chi connectivity index (χ0) is 12.3. The van der Waals surface area contributed by atoms with Crippen LogP contribution in [-0.2, 0) is 16.6 Å². The summed E-state index contributed by atoms with van der Waals surface area (Å²) in [6, 6.07) is 8.33. The van der Waals surface area contributed by atoms with Crippen LogP contribution >= 0.6 is 11.3 Å². The number of hydrogen-bond donors (Lipinski definition) is 1. The van der Waals surface area contributed by atoms with Crippen molar-refractivity contribution >= 4 is 21.4 Å². The Hall–Kier alpha value is -1.24. The van der Waals surface area contributed by atoms with Crippen molar-refractivity contribution in [3.63, 3.8) is 0 Å². The molecule has 0 aliphatic rings. The van der Waals surface area contributed by atoms with Crippen LogP contribution < -0.4 is 4.72 Å². The predicted octanol–water partition coefficient (Wildman–Crippen LogP) is 1.93. The molecule has 2 rings (SSSR count). The molecule has 0 bridgehead atoms. The molecular formula is C11H12N2O2S2. The first-order chi connectivity index (χ1) is 8.09. The summed E-state index contributed by atoms with van der Waals surface area (Å²) in [5.74, 6) is 0. The number of nitrogens with zero attached hydrogens (tertiary/aromatic N) is 1. The van der Waals surface area contributed by atoms with Gasteiger partial charge in [0.1, 0.15) is 0 Å². The van der Waals surface area contributed by atoms with Crippen molar-refractivity contribution in [1.82, 2.24) is 9.71 Å². The van der Waals surface area contributed by atoms with Crippen LogP contribution in [0.15, 0.2) is 40.7 Å². The predicted molar refractivity (Wildman–Crippen MR) is 67.3 cm³/mol. The molecule has 90 valence electrons. The lowest BCUT2D eigenvalue weighted by atomic mass is 10.4. The Bertz CT molecular complexity index is 591. The summed E-state index contributed by atoms with van der Waals surface area (Å²) < 4.78 is 26.4. The Balaban J connectivity index is 2.12. The molecule has 0 saturated heterocycles. The molecule has 0 amide bonds. The zero-order valence-electron chi connectivity index (χ0n) is 9.25. The molecule has 0 aliphatic heterocycles. The average molecular weight is 268 g/mol. The topological polar surface area (TPSA) is 59.1 Å². The number of nitrogens with one attached hydrogen (secondary N) is 1. The van der Waals surface area contributed by atoms with Crippen molar-refractivity contribution in [2.75, 3.05) is 0 Å². The minimum atomic E-state index is -3.42. The van der Waals surface area contributed by atoms with E-state index in [9.17, 15) is 8.42 Å². The Morgan fingerprint density at radius 3 is 2.59 bits per heavy atom. The van der Waals surface area contributed by atoms with Crippen LogP contribution in [-0.4, -0.2) is 13.4 Å². The lowest BCUT2D eigenvalue weighted by molar-refractivity contribution is 0.581. The highest BCUT2D eigenvalue weighted by Gasteiger charge is 2.13. The van der Waals surface area contributed by atoms with E-state index in [2.05, 4.69) is 9.71 Å². The van der Waals surface area contributed by atoms with E-state index < -0.39 is 10.0 Å². The monoisotopic (exact) mass is 268 g/mol. The van der Waals surface area contributed by atoms with Crippen molar-refractivity contribution in [2.45, 2.75) is 18.4 Å². The lowest BCUT2D eigenvalue weighted by Gasteiger charge is -2.05. The summed E-state index contributed by atoms with van der Waals surface area (Å²) >= 11 is 1.45. The summed E-state index contributed by atoms with van der Waals surface area (Å²) in [5.41, 5.74) is 2.58. The number of aromatic nitrogens is 1. The molecule has 0 saturated carbocycles. The third-order valence-corrected chi connectivity index (χ3v) is 4.67. The van der Waals surface area contributed by atoms with Crippen LogP contribution in [0.4, 0.5) is 0 Å². The van der Waals surface area contributed by atoms with Gasteiger partial charge in [0.2, 0.25) is 10.0 Å². The molecule has 2 aromatic rings. The highest BCUT2D eigenvalue weighted by Crippen LogP contribution is 2.13. The number of thiazole rings is 1. The van der Waals surface area contributed by atoms with Crippen molar-refractivity contribution in [3.8, 4) is 0 Å². The van der Waals surface area contributed by atoms with Crippen molar-refractivity contribution in [1.29, 1.82) is 0 Å². The largest absolute Gasteiger partial charge is 0.250 e. The van der Waals surface area contributed by atoms with Gasteiger partial charge in [-0.1, -0.05) is 18.2 Å². The molecule has 6 heteroatoms. The lowest BCUT2D eigenvalue weighted by Crippen LogP contribution is -2.23. The van der Waals surface area contributed by atoms with Crippen LogP contribution in [0.2, 0.25) is 0 Å². The first-order valence-corrected chi connectivity index (χ1v) is 7.39. The first kappa shape index (κ1) is 12.2. The van der Waals surface area contributed by atoms with Crippen LogP contribution in [0.25, 0.3) is 0 Å². The van der Waals surface area contributed by atoms with E-state index >= 15 is 0 Å². The molecular weight excluding hydrogens is 256 g/mol. The van der Waals surface area contributed by atoms with Crippen LogP contribution in [0.1, 0.15) is 10.6 Å². The molecule has 17 heavy (non-hydrogen) atoms. The number of rotatable bonds is 4. The standard InChI is InChI=1S/C11H12N2O2S2/c1-9-11(16-8-12-9)7-13-17(14,15)10-5-3-2-4-6-10/h2-6,8,13H,7H2,1H3. The minimum Gasteiger partial charge on any atom is -0.250 e. The molecule has 1 heterocycles. The molecule has 0 fully saturated rings. The van der Waals surface area contributed by atoms with E-state index in [0.717, 1.165) is 10.6 Å². The van der Waals surface area contributed by atoms with E-state index in [1.165, 1.54) is 11.3 Å². The third-order valence-electron chi connectivity index (χ3n) is 2.32. The molecule has 4 nitrogen and oxygen atoms in total. The van der Waals surface area contributed by atoms with Crippen LogP contribution in [0, 0.1) is 6.92 Å². The Kier molecular flexibility index (Phi) is 3.56. The summed E-state index contributed by atoms with van der Waals surface area (Å²) in [5, 5.41) is 0. The van der Waals surface area contributed by atoms with Gasteiger partial charge in [-0.05, 0) is 19.1 Å². The second-order valence-corrected chi connectivity index (χ2v) is 6.20. The van der Waals surface area contributed by atoms with Gasteiger partial charge in [-0.3, -0.25) is 0 Å². The van der Waals surface area contributed by atoms with E-state index in [-0.39, 0.29) is 11.4 Å². The molecule has 1 N–H and O–H groups in total. The van der Waals surface area contributed by atoms with Gasteiger partial charge in [0, 0.05) is 11.4 Å². The molecule has 0 unspecified atom stereocenters. The maximum atomic E-state index is 11.9. The fourth-order valence-corrected chi connectivity index (χ4v) is 3.16.